The van der Waals surface area contributed by atoms with Crippen LogP contribution in [0.25, 0.3) is 11.1 Å². The molecule has 1 atom stereocenters. The Hall–Kier alpha value is -3.06. The van der Waals surface area contributed by atoms with E-state index in [1.807, 2.05) is 48.5 Å². The van der Waals surface area contributed by atoms with Gasteiger partial charge in [-0.15, -0.1) is 0 Å². The van der Waals surface area contributed by atoms with Crippen LogP contribution < -0.4 is 10.1 Å². The van der Waals surface area contributed by atoms with E-state index in [0.717, 1.165) is 22.4 Å². The first-order valence-corrected chi connectivity index (χ1v) is 9.17. The molecule has 7 heteroatoms. The van der Waals surface area contributed by atoms with Gasteiger partial charge in [-0.05, 0) is 17.2 Å². The lowest BCUT2D eigenvalue weighted by molar-refractivity contribution is -0.139. The lowest BCUT2D eigenvalue weighted by Crippen LogP contribution is -2.51. The molecule has 0 unspecified atom stereocenters. The van der Waals surface area contributed by atoms with Crippen molar-refractivity contribution in [3.63, 3.8) is 0 Å². The fraction of sp³-hybridized carbons (Fsp3) is 0.333. The van der Waals surface area contributed by atoms with Crippen molar-refractivity contribution in [3.8, 4) is 16.9 Å². The Kier molecular flexibility index (Phi) is 6.49. The van der Waals surface area contributed by atoms with Gasteiger partial charge < -0.3 is 24.8 Å². The average Bonchev–Trinajstić information content (AvgIpc) is 2.74. The minimum absolute atomic E-state index is 0.206. The number of nitrogens with zero attached hydrogens (tertiary/aromatic N) is 1. The largest absolute Gasteiger partial charge is 0.496 e. The van der Waals surface area contributed by atoms with Crippen molar-refractivity contribution in [1.29, 1.82) is 0 Å². The zero-order chi connectivity index (χ0) is 19.9. The van der Waals surface area contributed by atoms with E-state index in [1.165, 1.54) is 0 Å². The van der Waals surface area contributed by atoms with Crippen LogP contribution in [-0.2, 0) is 16.0 Å². The lowest BCUT2D eigenvalue weighted by atomic mass is 10.00. The minimum atomic E-state index is -1.06. The second kappa shape index (κ2) is 9.23. The highest BCUT2D eigenvalue weighted by atomic mass is 16.5. The summed E-state index contributed by atoms with van der Waals surface area (Å²) < 4.78 is 10.6. The summed E-state index contributed by atoms with van der Waals surface area (Å²) in [4.78, 5) is 25.5. The van der Waals surface area contributed by atoms with E-state index in [9.17, 15) is 14.7 Å². The number of hydrogen-bond acceptors (Lipinski definition) is 4. The summed E-state index contributed by atoms with van der Waals surface area (Å²) in [5.74, 6) is -0.285. The molecule has 2 N–H and O–H groups in total. The van der Waals surface area contributed by atoms with Crippen LogP contribution in [0.2, 0.25) is 0 Å². The SMILES string of the molecule is COc1ccccc1-c1ccc(C[C@H](NC(=O)N2CCOCC2)C(=O)O)cc1. The molecule has 7 nitrogen and oxygen atoms in total. The molecule has 0 aromatic heterocycles. The Bertz CT molecular complexity index is 816. The van der Waals surface area contributed by atoms with Crippen LogP contribution >= 0.6 is 0 Å². The van der Waals surface area contributed by atoms with E-state index in [1.54, 1.807) is 12.0 Å². The molecule has 148 valence electrons. The number of amides is 2. The zero-order valence-corrected chi connectivity index (χ0v) is 15.8. The number of rotatable bonds is 6. The second-order valence-electron chi connectivity index (χ2n) is 6.54. The third-order valence-corrected chi connectivity index (χ3v) is 4.71. The molecule has 0 radical (unpaired) electrons. The third-order valence-electron chi connectivity index (χ3n) is 4.71. The van der Waals surface area contributed by atoms with E-state index in [4.69, 9.17) is 9.47 Å². The van der Waals surface area contributed by atoms with Crippen LogP contribution in [0.3, 0.4) is 0 Å². The summed E-state index contributed by atoms with van der Waals surface area (Å²) in [7, 11) is 1.63. The Morgan fingerprint density at radius 1 is 1.14 bits per heavy atom. The number of methoxy groups -OCH3 is 1. The fourth-order valence-corrected chi connectivity index (χ4v) is 3.15. The molecule has 1 heterocycles. The number of carboxylic acid groups (broad SMARTS) is 1. The first-order chi connectivity index (χ1) is 13.6. The molecule has 0 aliphatic carbocycles. The number of nitrogens with one attached hydrogen (secondary N) is 1. The summed E-state index contributed by atoms with van der Waals surface area (Å²) in [6.07, 6.45) is 0.206. The fourth-order valence-electron chi connectivity index (χ4n) is 3.15. The van der Waals surface area contributed by atoms with Gasteiger partial charge in [-0.3, -0.25) is 0 Å². The molecule has 0 bridgehead atoms. The number of urea groups is 1. The van der Waals surface area contributed by atoms with Crippen LogP contribution in [0.5, 0.6) is 5.75 Å². The van der Waals surface area contributed by atoms with E-state index >= 15 is 0 Å². The Balaban J connectivity index is 1.68. The average molecular weight is 384 g/mol. The summed E-state index contributed by atoms with van der Waals surface area (Å²) >= 11 is 0. The van der Waals surface area contributed by atoms with Gasteiger partial charge in [0.25, 0.3) is 0 Å². The zero-order valence-electron chi connectivity index (χ0n) is 15.8. The molecular weight excluding hydrogens is 360 g/mol. The summed E-state index contributed by atoms with van der Waals surface area (Å²) in [5, 5.41) is 12.1. The summed E-state index contributed by atoms with van der Waals surface area (Å²) in [6.45, 7) is 1.86. The number of carboxylic acids is 1. The van der Waals surface area contributed by atoms with Crippen molar-refractivity contribution in [1.82, 2.24) is 10.2 Å². The second-order valence-corrected chi connectivity index (χ2v) is 6.54. The normalized spacial score (nSPS) is 15.0. The highest BCUT2D eigenvalue weighted by Gasteiger charge is 2.24. The van der Waals surface area contributed by atoms with Crippen LogP contribution in [0.4, 0.5) is 4.79 Å². The Morgan fingerprint density at radius 3 is 2.46 bits per heavy atom. The highest BCUT2D eigenvalue weighted by Crippen LogP contribution is 2.29. The van der Waals surface area contributed by atoms with E-state index in [0.29, 0.717) is 26.3 Å². The molecule has 2 aromatic rings. The van der Waals surface area contributed by atoms with Crippen molar-refractivity contribution >= 4 is 12.0 Å². The molecule has 1 aliphatic rings. The van der Waals surface area contributed by atoms with Gasteiger partial charge in [0, 0.05) is 25.1 Å². The van der Waals surface area contributed by atoms with Gasteiger partial charge in [-0.25, -0.2) is 9.59 Å². The van der Waals surface area contributed by atoms with Gasteiger partial charge in [-0.1, -0.05) is 42.5 Å². The maximum atomic E-state index is 12.3. The van der Waals surface area contributed by atoms with Crippen molar-refractivity contribution < 1.29 is 24.2 Å². The standard InChI is InChI=1S/C21H24N2O5/c1-27-19-5-3-2-4-17(19)16-8-6-15(7-9-16)14-18(20(24)25)22-21(26)23-10-12-28-13-11-23/h2-9,18H,10-14H2,1H3,(H,22,26)(H,24,25)/t18-/m0/s1. The molecule has 3 rings (SSSR count). The summed E-state index contributed by atoms with van der Waals surface area (Å²) in [6, 6.07) is 13.9. The third kappa shape index (κ3) is 4.80. The number of ether oxygens (including phenoxy) is 2. The van der Waals surface area contributed by atoms with Crippen molar-refractivity contribution in [2.24, 2.45) is 0 Å². The number of aliphatic carboxylic acids is 1. The van der Waals surface area contributed by atoms with Crippen molar-refractivity contribution in [3.05, 3.63) is 54.1 Å². The molecule has 1 fully saturated rings. The molecule has 0 spiro atoms. The summed E-state index contributed by atoms with van der Waals surface area (Å²) in [5.41, 5.74) is 2.77. The van der Waals surface area contributed by atoms with E-state index in [-0.39, 0.29) is 12.5 Å². The first-order valence-electron chi connectivity index (χ1n) is 9.17. The van der Waals surface area contributed by atoms with E-state index < -0.39 is 12.0 Å². The predicted molar refractivity (Wildman–Crippen MR) is 104 cm³/mol. The van der Waals surface area contributed by atoms with Gasteiger partial charge in [0.15, 0.2) is 0 Å². The predicted octanol–water partition coefficient (Wildman–Crippen LogP) is 2.40. The van der Waals surface area contributed by atoms with Crippen LogP contribution in [-0.4, -0.2) is 61.5 Å². The van der Waals surface area contributed by atoms with Crippen LogP contribution in [0, 0.1) is 0 Å². The van der Waals surface area contributed by atoms with Crippen molar-refractivity contribution in [2.75, 3.05) is 33.4 Å². The monoisotopic (exact) mass is 384 g/mol. The van der Waals surface area contributed by atoms with Crippen molar-refractivity contribution in [2.45, 2.75) is 12.5 Å². The van der Waals surface area contributed by atoms with Gasteiger partial charge >= 0.3 is 12.0 Å². The maximum absolute atomic E-state index is 12.3. The van der Waals surface area contributed by atoms with Gasteiger partial charge in [0.05, 0.1) is 20.3 Å². The van der Waals surface area contributed by atoms with Gasteiger partial charge in [0.2, 0.25) is 0 Å². The lowest BCUT2D eigenvalue weighted by Gasteiger charge is -2.28. The number of carbonyl (C=O) groups is 2. The molecule has 28 heavy (non-hydrogen) atoms. The quantitative estimate of drug-likeness (QED) is 0.799. The Labute approximate surface area is 163 Å². The van der Waals surface area contributed by atoms with Gasteiger partial charge in [-0.2, -0.15) is 0 Å². The molecule has 2 aromatic carbocycles. The molecular formula is C21H24N2O5. The first kappa shape index (κ1) is 19.7. The number of benzene rings is 2. The molecule has 1 saturated heterocycles. The molecule has 0 saturated carbocycles. The smallest absolute Gasteiger partial charge is 0.326 e. The number of hydrogen-bond donors (Lipinski definition) is 2. The molecule has 2 amide bonds. The Morgan fingerprint density at radius 2 is 1.82 bits per heavy atom. The number of morpholine rings is 1. The molecule has 1 aliphatic heterocycles. The van der Waals surface area contributed by atoms with E-state index in [2.05, 4.69) is 5.32 Å². The van der Waals surface area contributed by atoms with Crippen LogP contribution in [0.15, 0.2) is 48.5 Å². The maximum Gasteiger partial charge on any atom is 0.326 e. The van der Waals surface area contributed by atoms with Gasteiger partial charge in [0.1, 0.15) is 11.8 Å². The number of para-hydroxylation sites is 1. The van der Waals surface area contributed by atoms with Crippen LogP contribution in [0.1, 0.15) is 5.56 Å². The highest BCUT2D eigenvalue weighted by molar-refractivity contribution is 5.83. The number of carbonyl (C=O) groups excluding carboxylic acids is 1. The minimum Gasteiger partial charge on any atom is -0.496 e. The topological polar surface area (TPSA) is 88.1 Å².